The highest BCUT2D eigenvalue weighted by Crippen LogP contribution is 2.30. The van der Waals surface area contributed by atoms with E-state index in [1.807, 2.05) is 31.3 Å². The number of anilines is 1. The van der Waals surface area contributed by atoms with Crippen molar-refractivity contribution in [3.63, 3.8) is 0 Å². The van der Waals surface area contributed by atoms with Gasteiger partial charge in [0.1, 0.15) is 0 Å². The Labute approximate surface area is 130 Å². The van der Waals surface area contributed by atoms with Crippen LogP contribution < -0.4 is 4.90 Å². The van der Waals surface area contributed by atoms with E-state index in [2.05, 4.69) is 13.0 Å². The Bertz CT molecular complexity index is 618. The molecule has 0 saturated carbocycles. The van der Waals surface area contributed by atoms with Gasteiger partial charge < -0.3 is 4.90 Å². The second-order valence-electron chi connectivity index (χ2n) is 5.82. The number of carbonyl (C=O) groups excluding carboxylic acids is 1. The maximum absolute atomic E-state index is 12.7. The molecule has 1 aromatic heterocycles. The van der Waals surface area contributed by atoms with E-state index in [9.17, 15) is 4.79 Å². The van der Waals surface area contributed by atoms with E-state index in [0.29, 0.717) is 0 Å². The third kappa shape index (κ3) is 3.03. The number of benzene rings is 1. The van der Waals surface area contributed by atoms with Gasteiger partial charge in [-0.25, -0.2) is 0 Å². The number of rotatable bonds is 2. The summed E-state index contributed by atoms with van der Waals surface area (Å²) in [5.74, 6) is 0.108. The first kappa shape index (κ1) is 14.3. The van der Waals surface area contributed by atoms with Gasteiger partial charge in [-0.2, -0.15) is 0 Å². The Morgan fingerprint density at radius 2 is 1.81 bits per heavy atom. The van der Waals surface area contributed by atoms with Crippen molar-refractivity contribution in [3.05, 3.63) is 51.2 Å². The van der Waals surface area contributed by atoms with Crippen LogP contribution in [0.25, 0.3) is 0 Å². The van der Waals surface area contributed by atoms with Gasteiger partial charge in [-0.3, -0.25) is 4.79 Å². The molecule has 0 N–H and O–H groups in total. The number of aryl methyl sites for hydroxylation is 3. The minimum Gasteiger partial charge on any atom is -0.311 e. The molecule has 1 aliphatic rings. The molecule has 1 heterocycles. The smallest absolute Gasteiger partial charge is 0.268 e. The monoisotopic (exact) mass is 299 g/mol. The van der Waals surface area contributed by atoms with E-state index in [-0.39, 0.29) is 5.91 Å². The predicted molar refractivity (Wildman–Crippen MR) is 89.5 cm³/mol. The Morgan fingerprint density at radius 1 is 1.10 bits per heavy atom. The Kier molecular flexibility index (Phi) is 4.11. The number of amides is 1. The molecule has 0 saturated heterocycles. The summed E-state index contributed by atoms with van der Waals surface area (Å²) in [4.78, 5) is 16.7. The zero-order chi connectivity index (χ0) is 14.8. The topological polar surface area (TPSA) is 20.3 Å². The summed E-state index contributed by atoms with van der Waals surface area (Å²) in [6.45, 7) is 2.06. The predicted octanol–water partition coefficient (Wildman–Crippen LogP) is 4.60. The van der Waals surface area contributed by atoms with Crippen LogP contribution in [-0.4, -0.2) is 13.0 Å². The van der Waals surface area contributed by atoms with E-state index in [1.54, 1.807) is 16.2 Å². The van der Waals surface area contributed by atoms with Crippen LogP contribution in [0.3, 0.4) is 0 Å². The molecular formula is C18H21NOS. The zero-order valence-electron chi connectivity index (χ0n) is 12.7. The van der Waals surface area contributed by atoms with Gasteiger partial charge in [0.25, 0.3) is 5.91 Å². The highest BCUT2D eigenvalue weighted by molar-refractivity contribution is 7.14. The Hall–Kier alpha value is -1.61. The molecule has 0 unspecified atom stereocenters. The van der Waals surface area contributed by atoms with Crippen molar-refractivity contribution in [1.82, 2.24) is 0 Å². The van der Waals surface area contributed by atoms with E-state index in [0.717, 1.165) is 23.4 Å². The molecule has 3 heteroatoms. The van der Waals surface area contributed by atoms with Crippen LogP contribution in [0.2, 0.25) is 0 Å². The first-order chi connectivity index (χ1) is 10.1. The van der Waals surface area contributed by atoms with Gasteiger partial charge in [-0.1, -0.05) is 24.1 Å². The van der Waals surface area contributed by atoms with Crippen LogP contribution in [0.1, 0.15) is 44.9 Å². The molecule has 2 aromatic rings. The molecule has 0 radical (unpaired) electrons. The Balaban J connectivity index is 1.83. The number of hydrogen-bond acceptors (Lipinski definition) is 2. The lowest BCUT2D eigenvalue weighted by atomic mass is 10.1. The molecule has 0 bridgehead atoms. The first-order valence-corrected chi connectivity index (χ1v) is 8.43. The molecule has 21 heavy (non-hydrogen) atoms. The number of thiophene rings is 1. The molecule has 1 aromatic carbocycles. The largest absolute Gasteiger partial charge is 0.311 e. The van der Waals surface area contributed by atoms with Crippen molar-refractivity contribution in [1.29, 1.82) is 0 Å². The molecule has 2 nitrogen and oxygen atoms in total. The molecular weight excluding hydrogens is 278 g/mol. The quantitative estimate of drug-likeness (QED) is 0.742. The average molecular weight is 299 g/mol. The molecule has 110 valence electrons. The zero-order valence-corrected chi connectivity index (χ0v) is 13.5. The minimum atomic E-state index is 0.108. The highest BCUT2D eigenvalue weighted by Gasteiger charge is 2.19. The fraction of sp³-hybridized carbons (Fsp3) is 0.389. The number of fused-ring (bicyclic) bond motifs is 1. The van der Waals surface area contributed by atoms with Crippen LogP contribution in [0.4, 0.5) is 5.69 Å². The lowest BCUT2D eigenvalue weighted by molar-refractivity contribution is 0.0997. The van der Waals surface area contributed by atoms with E-state index in [1.165, 1.54) is 35.3 Å². The second kappa shape index (κ2) is 6.02. The van der Waals surface area contributed by atoms with Gasteiger partial charge in [0, 0.05) is 17.6 Å². The molecule has 0 atom stereocenters. The summed E-state index contributed by atoms with van der Waals surface area (Å²) in [5, 5.41) is 0. The average Bonchev–Trinajstić information content (AvgIpc) is 2.77. The van der Waals surface area contributed by atoms with Gasteiger partial charge in [0.2, 0.25) is 0 Å². The van der Waals surface area contributed by atoms with E-state index in [4.69, 9.17) is 0 Å². The summed E-state index contributed by atoms with van der Waals surface area (Å²) in [7, 11) is 1.86. The highest BCUT2D eigenvalue weighted by atomic mass is 32.1. The van der Waals surface area contributed by atoms with Crippen LogP contribution in [0.5, 0.6) is 0 Å². The standard InChI is InChI=1S/C18H21NOS/c1-13-8-10-15(11-9-13)19(2)18(20)17-12-14-6-4-3-5-7-16(14)21-17/h8-12H,3-7H2,1-2H3. The third-order valence-electron chi connectivity index (χ3n) is 4.18. The van der Waals surface area contributed by atoms with Crippen LogP contribution in [0.15, 0.2) is 30.3 Å². The lowest BCUT2D eigenvalue weighted by Crippen LogP contribution is -2.25. The molecule has 0 aliphatic heterocycles. The summed E-state index contributed by atoms with van der Waals surface area (Å²) in [6.07, 6.45) is 6.10. The third-order valence-corrected chi connectivity index (χ3v) is 5.41. The summed E-state index contributed by atoms with van der Waals surface area (Å²) in [6, 6.07) is 10.2. The molecule has 0 spiro atoms. The van der Waals surface area contributed by atoms with Crippen molar-refractivity contribution >= 4 is 22.9 Å². The molecule has 0 fully saturated rings. The maximum atomic E-state index is 12.7. The second-order valence-corrected chi connectivity index (χ2v) is 6.96. The number of nitrogens with zero attached hydrogens (tertiary/aromatic N) is 1. The van der Waals surface area contributed by atoms with Crippen molar-refractivity contribution in [2.24, 2.45) is 0 Å². The van der Waals surface area contributed by atoms with Crippen molar-refractivity contribution < 1.29 is 4.79 Å². The summed E-state index contributed by atoms with van der Waals surface area (Å²) < 4.78 is 0. The SMILES string of the molecule is Cc1ccc(N(C)C(=O)c2cc3c(s2)CCCCC3)cc1. The normalized spacial score (nSPS) is 14.4. The fourth-order valence-corrected chi connectivity index (χ4v) is 4.05. The van der Waals surface area contributed by atoms with Crippen LogP contribution >= 0.6 is 11.3 Å². The van der Waals surface area contributed by atoms with Crippen LogP contribution in [0, 0.1) is 6.92 Å². The number of hydrogen-bond donors (Lipinski definition) is 0. The first-order valence-electron chi connectivity index (χ1n) is 7.61. The molecule has 1 aliphatic carbocycles. The lowest BCUT2D eigenvalue weighted by Gasteiger charge is -2.16. The fourth-order valence-electron chi connectivity index (χ4n) is 2.82. The van der Waals surface area contributed by atoms with Gasteiger partial charge in [0.05, 0.1) is 4.88 Å². The van der Waals surface area contributed by atoms with Crippen LogP contribution in [-0.2, 0) is 12.8 Å². The van der Waals surface area contributed by atoms with Crippen molar-refractivity contribution in [3.8, 4) is 0 Å². The van der Waals surface area contributed by atoms with Gasteiger partial charge in [-0.15, -0.1) is 11.3 Å². The van der Waals surface area contributed by atoms with Crippen molar-refractivity contribution in [2.75, 3.05) is 11.9 Å². The van der Waals surface area contributed by atoms with Gasteiger partial charge >= 0.3 is 0 Å². The summed E-state index contributed by atoms with van der Waals surface area (Å²) >= 11 is 1.69. The van der Waals surface area contributed by atoms with Crippen molar-refractivity contribution in [2.45, 2.75) is 39.0 Å². The summed E-state index contributed by atoms with van der Waals surface area (Å²) in [5.41, 5.74) is 3.56. The van der Waals surface area contributed by atoms with Gasteiger partial charge in [0.15, 0.2) is 0 Å². The number of carbonyl (C=O) groups is 1. The molecule has 3 rings (SSSR count). The molecule has 1 amide bonds. The van der Waals surface area contributed by atoms with Gasteiger partial charge in [-0.05, 0) is 56.4 Å². The van der Waals surface area contributed by atoms with E-state index >= 15 is 0 Å². The van der Waals surface area contributed by atoms with E-state index < -0.39 is 0 Å². The Morgan fingerprint density at radius 3 is 2.57 bits per heavy atom. The maximum Gasteiger partial charge on any atom is 0.268 e. The minimum absolute atomic E-state index is 0.108.